The van der Waals surface area contributed by atoms with Crippen molar-refractivity contribution in [2.24, 2.45) is 5.92 Å². The second-order valence-corrected chi connectivity index (χ2v) is 1.74. The Hall–Kier alpha value is -0.280. The summed E-state index contributed by atoms with van der Waals surface area (Å²) < 4.78 is 45.9. The molecule has 0 amide bonds. The maximum Gasteiger partial charge on any atom is 0.246 e. The molecule has 0 nitrogen and oxygen atoms in total. The molecule has 0 radical (unpaired) electrons. The van der Waals surface area contributed by atoms with Gasteiger partial charge in [-0.2, -0.15) is 0 Å². The van der Waals surface area contributed by atoms with Gasteiger partial charge in [0.1, 0.15) is 0 Å². The smallest absolute Gasteiger partial charge is 0.210 e. The molecule has 0 heterocycles. The van der Waals surface area contributed by atoms with Gasteiger partial charge in [-0.25, -0.2) is 17.6 Å². The predicted octanol–water partition coefficient (Wildman–Crippen LogP) is 2.54. The zero-order valence-corrected chi connectivity index (χ0v) is 4.95. The number of hydrogen-bond acceptors (Lipinski definition) is 0. The first-order valence-corrected chi connectivity index (χ1v) is 2.65. The van der Waals surface area contributed by atoms with E-state index in [0.717, 1.165) is 0 Å². The quantitative estimate of drug-likeness (QED) is 0.534. The summed E-state index contributed by atoms with van der Waals surface area (Å²) in [7, 11) is 0. The third kappa shape index (κ3) is 2.67. The van der Waals surface area contributed by atoms with E-state index in [0.29, 0.717) is 0 Å². The third-order valence-corrected chi connectivity index (χ3v) is 1.12. The lowest BCUT2D eigenvalue weighted by Crippen LogP contribution is -2.18. The van der Waals surface area contributed by atoms with Gasteiger partial charge in [0.2, 0.25) is 12.9 Å². The van der Waals surface area contributed by atoms with Crippen molar-refractivity contribution < 1.29 is 17.6 Å². The molecule has 0 saturated carbocycles. The van der Waals surface area contributed by atoms with E-state index >= 15 is 0 Å². The molecule has 4 heteroatoms. The summed E-state index contributed by atoms with van der Waals surface area (Å²) in [5, 5.41) is 0. The largest absolute Gasteiger partial charge is 0.246 e. The van der Waals surface area contributed by atoms with Crippen molar-refractivity contribution >= 4 is 0 Å². The van der Waals surface area contributed by atoms with Crippen LogP contribution in [0.2, 0.25) is 0 Å². The average molecular weight is 144 g/mol. The van der Waals surface area contributed by atoms with Gasteiger partial charge in [0.15, 0.2) is 0 Å². The normalized spacial score (nSPS) is 12.0. The molecule has 0 saturated heterocycles. The standard InChI is InChI=1S/C5H8F4/c1-2-3(4(6)7)5(8)9/h3-5H,2H2,1H3. The summed E-state index contributed by atoms with van der Waals surface area (Å²) in [5.41, 5.74) is 0. The van der Waals surface area contributed by atoms with E-state index in [1.165, 1.54) is 6.92 Å². The molecule has 0 aromatic carbocycles. The average Bonchev–Trinajstić information content (AvgIpc) is 1.64. The van der Waals surface area contributed by atoms with Gasteiger partial charge in [-0.1, -0.05) is 6.92 Å². The predicted molar refractivity (Wildman–Crippen MR) is 25.8 cm³/mol. The molecule has 56 valence electrons. The fourth-order valence-electron chi connectivity index (χ4n) is 0.466. The lowest BCUT2D eigenvalue weighted by Gasteiger charge is -2.10. The summed E-state index contributed by atoms with van der Waals surface area (Å²) in [5.74, 6) is -1.75. The van der Waals surface area contributed by atoms with Gasteiger partial charge >= 0.3 is 0 Å². The summed E-state index contributed by atoms with van der Waals surface area (Å²) >= 11 is 0. The number of halogens is 4. The number of alkyl halides is 4. The monoisotopic (exact) mass is 144 g/mol. The van der Waals surface area contributed by atoms with E-state index < -0.39 is 18.8 Å². The van der Waals surface area contributed by atoms with Crippen LogP contribution in [-0.4, -0.2) is 12.9 Å². The highest BCUT2D eigenvalue weighted by Gasteiger charge is 2.27. The molecule has 0 rings (SSSR count). The van der Waals surface area contributed by atoms with Crippen LogP contribution >= 0.6 is 0 Å². The molecular formula is C5H8F4. The van der Waals surface area contributed by atoms with E-state index in [-0.39, 0.29) is 6.42 Å². The zero-order valence-electron chi connectivity index (χ0n) is 4.95. The van der Waals surface area contributed by atoms with E-state index in [9.17, 15) is 17.6 Å². The molecule has 0 spiro atoms. The van der Waals surface area contributed by atoms with Gasteiger partial charge in [0, 0.05) is 0 Å². The van der Waals surface area contributed by atoms with Crippen molar-refractivity contribution in [3.8, 4) is 0 Å². The Kier molecular flexibility index (Phi) is 3.58. The van der Waals surface area contributed by atoms with Gasteiger partial charge < -0.3 is 0 Å². The molecule has 0 unspecified atom stereocenters. The fourth-order valence-corrected chi connectivity index (χ4v) is 0.466. The van der Waals surface area contributed by atoms with Crippen LogP contribution in [0.3, 0.4) is 0 Å². The first kappa shape index (κ1) is 8.72. The van der Waals surface area contributed by atoms with Gasteiger partial charge in [-0.05, 0) is 6.42 Å². The van der Waals surface area contributed by atoms with Crippen LogP contribution in [0.5, 0.6) is 0 Å². The van der Waals surface area contributed by atoms with E-state index in [2.05, 4.69) is 0 Å². The zero-order chi connectivity index (χ0) is 7.44. The van der Waals surface area contributed by atoms with Gasteiger partial charge in [0.25, 0.3) is 0 Å². The first-order chi connectivity index (χ1) is 4.09. The molecule has 0 aliphatic heterocycles. The summed E-state index contributed by atoms with van der Waals surface area (Å²) in [6.07, 6.45) is -5.96. The highest BCUT2D eigenvalue weighted by atomic mass is 19.3. The third-order valence-electron chi connectivity index (χ3n) is 1.12. The second kappa shape index (κ2) is 3.69. The summed E-state index contributed by atoms with van der Waals surface area (Å²) in [4.78, 5) is 0. The van der Waals surface area contributed by atoms with Crippen LogP contribution in [0.4, 0.5) is 17.6 Å². The molecule has 0 aliphatic carbocycles. The van der Waals surface area contributed by atoms with Crippen LogP contribution in [0.15, 0.2) is 0 Å². The Labute approximate surface area is 50.9 Å². The molecular weight excluding hydrogens is 136 g/mol. The molecule has 0 fully saturated rings. The molecule has 0 bridgehead atoms. The Balaban J connectivity index is 3.68. The fraction of sp³-hybridized carbons (Fsp3) is 1.00. The van der Waals surface area contributed by atoms with Crippen molar-refractivity contribution in [1.82, 2.24) is 0 Å². The first-order valence-electron chi connectivity index (χ1n) is 2.65. The van der Waals surface area contributed by atoms with Crippen LogP contribution in [-0.2, 0) is 0 Å². The molecule has 0 N–H and O–H groups in total. The van der Waals surface area contributed by atoms with Crippen molar-refractivity contribution in [1.29, 1.82) is 0 Å². The van der Waals surface area contributed by atoms with Crippen LogP contribution in [0, 0.1) is 5.92 Å². The summed E-state index contributed by atoms with van der Waals surface area (Å²) in [6, 6.07) is 0. The highest BCUT2D eigenvalue weighted by molar-refractivity contribution is 4.60. The van der Waals surface area contributed by atoms with Gasteiger partial charge in [-0.15, -0.1) is 0 Å². The SMILES string of the molecule is CCC(C(F)F)C(F)F. The van der Waals surface area contributed by atoms with Crippen molar-refractivity contribution in [2.45, 2.75) is 26.2 Å². The maximum atomic E-state index is 11.5. The van der Waals surface area contributed by atoms with Crippen molar-refractivity contribution in [3.63, 3.8) is 0 Å². The topological polar surface area (TPSA) is 0 Å². The molecule has 0 aromatic heterocycles. The Morgan fingerprint density at radius 3 is 1.33 bits per heavy atom. The Morgan fingerprint density at radius 1 is 1.00 bits per heavy atom. The lowest BCUT2D eigenvalue weighted by atomic mass is 10.1. The minimum atomic E-state index is -2.89. The van der Waals surface area contributed by atoms with E-state index in [4.69, 9.17) is 0 Å². The van der Waals surface area contributed by atoms with E-state index in [1.807, 2.05) is 0 Å². The molecule has 0 aliphatic rings. The number of hydrogen-bond donors (Lipinski definition) is 0. The Bertz CT molecular complexity index is 63.4. The van der Waals surface area contributed by atoms with Gasteiger partial charge in [-0.3, -0.25) is 0 Å². The van der Waals surface area contributed by atoms with Crippen LogP contribution in [0.1, 0.15) is 13.3 Å². The minimum Gasteiger partial charge on any atom is -0.210 e. The molecule has 9 heavy (non-hydrogen) atoms. The molecule has 0 atom stereocenters. The Morgan fingerprint density at radius 2 is 1.33 bits per heavy atom. The van der Waals surface area contributed by atoms with Crippen LogP contribution in [0.25, 0.3) is 0 Å². The molecule has 0 aromatic rings. The highest BCUT2D eigenvalue weighted by Crippen LogP contribution is 2.20. The maximum absolute atomic E-state index is 11.5. The van der Waals surface area contributed by atoms with Crippen molar-refractivity contribution in [3.05, 3.63) is 0 Å². The van der Waals surface area contributed by atoms with Crippen LogP contribution < -0.4 is 0 Å². The lowest BCUT2D eigenvalue weighted by molar-refractivity contribution is -0.0279. The van der Waals surface area contributed by atoms with Crippen molar-refractivity contribution in [2.75, 3.05) is 0 Å². The van der Waals surface area contributed by atoms with Gasteiger partial charge in [0.05, 0.1) is 5.92 Å². The minimum absolute atomic E-state index is 0.171. The summed E-state index contributed by atoms with van der Waals surface area (Å²) in [6.45, 7) is 1.32. The second-order valence-electron chi connectivity index (χ2n) is 1.74. The van der Waals surface area contributed by atoms with E-state index in [1.54, 1.807) is 0 Å². The number of rotatable bonds is 3.